The topological polar surface area (TPSA) is 55.4 Å². The molecule has 0 unspecified atom stereocenters. The molecule has 0 saturated heterocycles. The summed E-state index contributed by atoms with van der Waals surface area (Å²) in [7, 11) is 0. The summed E-state index contributed by atoms with van der Waals surface area (Å²) in [6, 6.07) is 12.9. The summed E-state index contributed by atoms with van der Waals surface area (Å²) in [4.78, 5) is 9.38. The van der Waals surface area contributed by atoms with E-state index >= 15 is 0 Å². The molecule has 3 aromatic rings. The van der Waals surface area contributed by atoms with E-state index in [1.165, 1.54) is 11.1 Å². The minimum absolute atomic E-state index is 0.286. The highest BCUT2D eigenvalue weighted by Crippen LogP contribution is 2.20. The fraction of sp³-hybridized carbons (Fsp3) is 0.300. The van der Waals surface area contributed by atoms with Crippen molar-refractivity contribution in [3.63, 3.8) is 0 Å². The smallest absolute Gasteiger partial charge is 0.155 e. The van der Waals surface area contributed by atoms with E-state index in [1.807, 2.05) is 10.7 Å². The van der Waals surface area contributed by atoms with Crippen molar-refractivity contribution in [2.45, 2.75) is 33.7 Å². The number of amidine groups is 1. The van der Waals surface area contributed by atoms with E-state index in [9.17, 15) is 0 Å². The highest BCUT2D eigenvalue weighted by molar-refractivity contribution is 6.17. The van der Waals surface area contributed by atoms with Crippen LogP contribution in [-0.4, -0.2) is 33.1 Å². The fourth-order valence-electron chi connectivity index (χ4n) is 3.04. The molecule has 0 aliphatic carbocycles. The predicted molar refractivity (Wildman–Crippen MR) is 102 cm³/mol. The average molecular weight is 331 g/mol. The van der Waals surface area contributed by atoms with Crippen LogP contribution in [0.2, 0.25) is 0 Å². The Kier molecular flexibility index (Phi) is 3.71. The average Bonchev–Trinajstić information content (AvgIpc) is 3.23. The maximum atomic E-state index is 4.76. The van der Waals surface area contributed by atoms with E-state index in [-0.39, 0.29) is 6.04 Å². The Morgan fingerprint density at radius 3 is 2.52 bits per heavy atom. The van der Waals surface area contributed by atoms with E-state index in [0.29, 0.717) is 6.54 Å². The lowest BCUT2D eigenvalue weighted by Gasteiger charge is -2.05. The molecule has 0 saturated carbocycles. The maximum Gasteiger partial charge on any atom is 0.155 e. The summed E-state index contributed by atoms with van der Waals surface area (Å²) in [5.74, 6) is 0.772. The second-order valence-corrected chi connectivity index (χ2v) is 6.83. The number of benzene rings is 2. The van der Waals surface area contributed by atoms with Crippen LogP contribution in [-0.2, 0) is 0 Å². The minimum Gasteiger partial charge on any atom is -0.260 e. The Morgan fingerprint density at radius 1 is 0.960 bits per heavy atom. The first kappa shape index (κ1) is 15.7. The van der Waals surface area contributed by atoms with Crippen LogP contribution in [0.3, 0.4) is 0 Å². The third-order valence-electron chi connectivity index (χ3n) is 4.68. The highest BCUT2D eigenvalue weighted by atomic mass is 15.4. The highest BCUT2D eigenvalue weighted by Gasteiger charge is 2.16. The largest absolute Gasteiger partial charge is 0.260 e. The van der Waals surface area contributed by atoms with E-state index < -0.39 is 0 Å². The Bertz CT molecular complexity index is 1020. The van der Waals surface area contributed by atoms with Crippen LogP contribution in [0.15, 0.2) is 46.4 Å². The number of aromatic nitrogens is 3. The Balaban J connectivity index is 1.67. The molecule has 1 aliphatic heterocycles. The van der Waals surface area contributed by atoms with Gasteiger partial charge in [-0.2, -0.15) is 0 Å². The Labute approximate surface area is 147 Å². The number of aliphatic imine (C=N–C) groups is 2. The van der Waals surface area contributed by atoms with Gasteiger partial charge in [0.1, 0.15) is 5.52 Å². The van der Waals surface area contributed by atoms with Gasteiger partial charge in [-0.05, 0) is 68.7 Å². The molecule has 0 fully saturated rings. The first-order valence-electron chi connectivity index (χ1n) is 8.58. The zero-order valence-electron chi connectivity index (χ0n) is 15.0. The van der Waals surface area contributed by atoms with Crippen molar-refractivity contribution in [2.75, 3.05) is 6.54 Å². The number of fused-ring (bicyclic) bond motifs is 1. The molecule has 0 radical (unpaired) electrons. The third-order valence-corrected chi connectivity index (χ3v) is 4.68. The lowest BCUT2D eigenvalue weighted by molar-refractivity contribution is 0.530. The van der Waals surface area contributed by atoms with Crippen molar-refractivity contribution in [1.82, 2.24) is 15.0 Å². The van der Waals surface area contributed by atoms with Gasteiger partial charge in [-0.3, -0.25) is 4.99 Å². The van der Waals surface area contributed by atoms with Gasteiger partial charge in [0.25, 0.3) is 0 Å². The first-order chi connectivity index (χ1) is 12.0. The lowest BCUT2D eigenvalue weighted by atomic mass is 10.0. The molecule has 2 heterocycles. The predicted octanol–water partition coefficient (Wildman–Crippen LogP) is 3.88. The second-order valence-electron chi connectivity index (χ2n) is 6.83. The van der Waals surface area contributed by atoms with Crippen LogP contribution in [0.4, 0.5) is 0 Å². The molecule has 1 aliphatic rings. The lowest BCUT2D eigenvalue weighted by Crippen LogP contribution is -2.03. The summed E-state index contributed by atoms with van der Waals surface area (Å²) in [5.41, 5.74) is 7.64. The summed E-state index contributed by atoms with van der Waals surface area (Å²) in [6.07, 6.45) is 0. The molecule has 0 N–H and O–H groups in total. The summed E-state index contributed by atoms with van der Waals surface area (Å²) >= 11 is 0. The van der Waals surface area contributed by atoms with E-state index in [4.69, 9.17) is 4.99 Å². The molecule has 4 rings (SSSR count). The number of aryl methyl sites for hydroxylation is 2. The van der Waals surface area contributed by atoms with Crippen molar-refractivity contribution in [1.29, 1.82) is 0 Å². The molecule has 126 valence electrons. The van der Waals surface area contributed by atoms with Crippen LogP contribution < -0.4 is 0 Å². The second kappa shape index (κ2) is 5.92. The van der Waals surface area contributed by atoms with Gasteiger partial charge >= 0.3 is 0 Å². The van der Waals surface area contributed by atoms with Gasteiger partial charge in [-0.25, -0.2) is 9.67 Å². The molecule has 1 aromatic heterocycles. The van der Waals surface area contributed by atoms with Crippen LogP contribution in [0.25, 0.3) is 11.0 Å². The SMILES string of the molecule is Cc1ccc(C2=NC(c3ccc4c(c3)nnn4C(C)C)=NC2)cc1C. The van der Waals surface area contributed by atoms with Crippen molar-refractivity contribution < 1.29 is 0 Å². The van der Waals surface area contributed by atoms with Gasteiger partial charge in [0.15, 0.2) is 5.84 Å². The number of rotatable bonds is 3. The van der Waals surface area contributed by atoms with Gasteiger partial charge < -0.3 is 0 Å². The summed E-state index contributed by atoms with van der Waals surface area (Å²) < 4.78 is 1.93. The van der Waals surface area contributed by atoms with Gasteiger partial charge in [-0.15, -0.1) is 5.10 Å². The normalized spacial score (nSPS) is 14.3. The number of hydrogen-bond donors (Lipinski definition) is 0. The molecular weight excluding hydrogens is 310 g/mol. The van der Waals surface area contributed by atoms with Crippen molar-refractivity contribution >= 4 is 22.6 Å². The summed E-state index contributed by atoms with van der Waals surface area (Å²) in [6.45, 7) is 9.07. The van der Waals surface area contributed by atoms with E-state index in [1.54, 1.807) is 0 Å². The van der Waals surface area contributed by atoms with Gasteiger partial charge in [0.2, 0.25) is 0 Å². The van der Waals surface area contributed by atoms with Gasteiger partial charge in [0, 0.05) is 11.6 Å². The Hall–Kier alpha value is -2.82. The molecule has 0 atom stereocenters. The molecule has 5 heteroatoms. The van der Waals surface area contributed by atoms with E-state index in [0.717, 1.165) is 33.7 Å². The number of hydrogen-bond acceptors (Lipinski definition) is 4. The monoisotopic (exact) mass is 331 g/mol. The molecule has 5 nitrogen and oxygen atoms in total. The quantitative estimate of drug-likeness (QED) is 0.731. The maximum absolute atomic E-state index is 4.76. The van der Waals surface area contributed by atoms with Crippen LogP contribution in [0.1, 0.15) is 42.1 Å². The van der Waals surface area contributed by atoms with Crippen LogP contribution >= 0.6 is 0 Å². The third kappa shape index (κ3) is 2.76. The number of nitrogens with zero attached hydrogens (tertiary/aromatic N) is 5. The zero-order valence-corrected chi connectivity index (χ0v) is 15.0. The van der Waals surface area contributed by atoms with Crippen molar-refractivity contribution in [3.8, 4) is 0 Å². The molecule has 0 amide bonds. The Morgan fingerprint density at radius 2 is 1.76 bits per heavy atom. The van der Waals surface area contributed by atoms with Gasteiger partial charge in [-0.1, -0.05) is 17.3 Å². The zero-order chi connectivity index (χ0) is 17.6. The molecule has 2 aromatic carbocycles. The molecular formula is C20H21N5. The fourth-order valence-corrected chi connectivity index (χ4v) is 3.04. The summed E-state index contributed by atoms with van der Waals surface area (Å²) in [5, 5.41) is 8.51. The standard InChI is InChI=1S/C20H21N5/c1-12(2)25-19-8-7-16(10-17(19)23-24-25)20-21-11-18(22-20)15-6-5-13(3)14(4)9-15/h5-10,12H,11H2,1-4H3. The minimum atomic E-state index is 0.286. The van der Waals surface area contributed by atoms with Crippen molar-refractivity contribution in [2.24, 2.45) is 9.98 Å². The van der Waals surface area contributed by atoms with E-state index in [2.05, 4.69) is 73.3 Å². The molecule has 25 heavy (non-hydrogen) atoms. The first-order valence-corrected chi connectivity index (χ1v) is 8.58. The molecule has 0 spiro atoms. The van der Waals surface area contributed by atoms with Crippen LogP contribution in [0, 0.1) is 13.8 Å². The van der Waals surface area contributed by atoms with Crippen molar-refractivity contribution in [3.05, 3.63) is 58.7 Å². The molecule has 0 bridgehead atoms. The van der Waals surface area contributed by atoms with Crippen LogP contribution in [0.5, 0.6) is 0 Å². The van der Waals surface area contributed by atoms with Gasteiger partial charge in [0.05, 0.1) is 17.8 Å².